The Balaban J connectivity index is 1.75. The van der Waals surface area contributed by atoms with Crippen molar-refractivity contribution >= 4 is 11.0 Å². The van der Waals surface area contributed by atoms with Crippen LogP contribution in [0.3, 0.4) is 0 Å². The zero-order valence-electron chi connectivity index (χ0n) is 14.2. The standard InChI is InChI=1S/C21H12O7/c22-11-6-5-10-7-13(19(23)27-17(10)8-11)14-9-15-18(28-20(14)24)12-3-1-2-4-16(12)26-21(15)25/h1-9,21-22,25H. The van der Waals surface area contributed by atoms with E-state index in [4.69, 9.17) is 13.6 Å². The molecule has 7 nitrogen and oxygen atoms in total. The van der Waals surface area contributed by atoms with Gasteiger partial charge in [0.2, 0.25) is 6.29 Å². The van der Waals surface area contributed by atoms with E-state index in [1.165, 1.54) is 24.3 Å². The summed E-state index contributed by atoms with van der Waals surface area (Å²) in [6.45, 7) is 0. The van der Waals surface area contributed by atoms with Crippen LogP contribution in [0.25, 0.3) is 33.4 Å². The Morgan fingerprint density at radius 3 is 2.43 bits per heavy atom. The second-order valence-corrected chi connectivity index (χ2v) is 6.37. The molecule has 5 rings (SSSR count). The van der Waals surface area contributed by atoms with Crippen molar-refractivity contribution in [2.24, 2.45) is 0 Å². The summed E-state index contributed by atoms with van der Waals surface area (Å²) in [4.78, 5) is 25.1. The number of hydrogen-bond acceptors (Lipinski definition) is 7. The van der Waals surface area contributed by atoms with Crippen LogP contribution in [-0.2, 0) is 0 Å². The summed E-state index contributed by atoms with van der Waals surface area (Å²) in [5.74, 6) is 0.539. The molecule has 0 fully saturated rings. The molecule has 1 aliphatic heterocycles. The van der Waals surface area contributed by atoms with E-state index in [0.29, 0.717) is 16.7 Å². The molecule has 4 aromatic rings. The number of benzene rings is 2. The molecule has 3 heterocycles. The van der Waals surface area contributed by atoms with Gasteiger partial charge in [-0.15, -0.1) is 0 Å². The third-order valence-electron chi connectivity index (χ3n) is 4.62. The first-order chi connectivity index (χ1) is 13.5. The van der Waals surface area contributed by atoms with Crippen molar-refractivity contribution < 1.29 is 23.8 Å². The summed E-state index contributed by atoms with van der Waals surface area (Å²) in [5.41, 5.74) is -0.616. The van der Waals surface area contributed by atoms with Gasteiger partial charge in [0.25, 0.3) is 0 Å². The Bertz CT molecular complexity index is 1360. The van der Waals surface area contributed by atoms with Crippen LogP contribution in [0.1, 0.15) is 11.9 Å². The Labute approximate surface area is 156 Å². The topological polar surface area (TPSA) is 110 Å². The first kappa shape index (κ1) is 16.3. The van der Waals surface area contributed by atoms with Gasteiger partial charge in [0.05, 0.1) is 22.3 Å². The lowest BCUT2D eigenvalue weighted by Gasteiger charge is -2.23. The summed E-state index contributed by atoms with van der Waals surface area (Å²) in [5, 5.41) is 20.4. The summed E-state index contributed by atoms with van der Waals surface area (Å²) < 4.78 is 16.1. The Kier molecular flexibility index (Phi) is 3.40. The van der Waals surface area contributed by atoms with Crippen LogP contribution in [0, 0.1) is 0 Å². The molecular formula is C21H12O7. The number of ether oxygens (including phenoxy) is 1. The van der Waals surface area contributed by atoms with Crippen LogP contribution in [0.4, 0.5) is 0 Å². The molecule has 0 saturated carbocycles. The molecule has 28 heavy (non-hydrogen) atoms. The van der Waals surface area contributed by atoms with Crippen LogP contribution in [0.5, 0.6) is 11.5 Å². The highest BCUT2D eigenvalue weighted by Gasteiger charge is 2.29. The quantitative estimate of drug-likeness (QED) is 0.491. The maximum Gasteiger partial charge on any atom is 0.344 e. The predicted molar refractivity (Wildman–Crippen MR) is 99.1 cm³/mol. The van der Waals surface area contributed by atoms with E-state index < -0.39 is 17.5 Å². The molecule has 138 valence electrons. The molecule has 0 aliphatic carbocycles. The van der Waals surface area contributed by atoms with Crippen molar-refractivity contribution in [2.75, 3.05) is 0 Å². The number of phenolic OH excluding ortho intramolecular Hbond substituents is 1. The molecule has 0 saturated heterocycles. The number of aliphatic hydroxyl groups is 1. The molecule has 0 amide bonds. The van der Waals surface area contributed by atoms with Gasteiger partial charge in [-0.3, -0.25) is 0 Å². The second-order valence-electron chi connectivity index (χ2n) is 6.37. The van der Waals surface area contributed by atoms with E-state index in [1.54, 1.807) is 30.3 Å². The fourth-order valence-corrected chi connectivity index (χ4v) is 3.30. The monoisotopic (exact) mass is 376 g/mol. The Hall–Kier alpha value is -3.84. The number of fused-ring (bicyclic) bond motifs is 4. The van der Waals surface area contributed by atoms with E-state index in [9.17, 15) is 19.8 Å². The summed E-state index contributed by atoms with van der Waals surface area (Å²) >= 11 is 0. The van der Waals surface area contributed by atoms with Crippen molar-refractivity contribution in [3.63, 3.8) is 0 Å². The first-order valence-electron chi connectivity index (χ1n) is 8.41. The number of para-hydroxylation sites is 1. The van der Waals surface area contributed by atoms with Crippen molar-refractivity contribution in [1.82, 2.24) is 0 Å². The van der Waals surface area contributed by atoms with Gasteiger partial charge in [-0.2, -0.15) is 0 Å². The van der Waals surface area contributed by atoms with Crippen LogP contribution >= 0.6 is 0 Å². The maximum atomic E-state index is 12.6. The number of rotatable bonds is 1. The van der Waals surface area contributed by atoms with E-state index in [2.05, 4.69) is 0 Å². The molecule has 0 bridgehead atoms. The van der Waals surface area contributed by atoms with Crippen LogP contribution in [0.2, 0.25) is 0 Å². The smallest absolute Gasteiger partial charge is 0.344 e. The van der Waals surface area contributed by atoms with Crippen molar-refractivity contribution in [1.29, 1.82) is 0 Å². The lowest BCUT2D eigenvalue weighted by atomic mass is 9.99. The van der Waals surface area contributed by atoms with Crippen LogP contribution in [0.15, 0.2) is 73.0 Å². The fraction of sp³-hybridized carbons (Fsp3) is 0.0476. The molecule has 2 aromatic carbocycles. The number of hydrogen-bond donors (Lipinski definition) is 2. The maximum absolute atomic E-state index is 12.6. The number of phenols is 1. The average Bonchev–Trinajstić information content (AvgIpc) is 2.67. The first-order valence-corrected chi connectivity index (χ1v) is 8.41. The van der Waals surface area contributed by atoms with E-state index in [1.807, 2.05) is 0 Å². The molecule has 1 atom stereocenters. The van der Waals surface area contributed by atoms with Gasteiger partial charge >= 0.3 is 11.3 Å². The van der Waals surface area contributed by atoms with Gasteiger partial charge in [-0.05, 0) is 36.4 Å². The highest BCUT2D eigenvalue weighted by atomic mass is 16.6. The fourth-order valence-electron chi connectivity index (χ4n) is 3.30. The highest BCUT2D eigenvalue weighted by molar-refractivity contribution is 5.83. The highest BCUT2D eigenvalue weighted by Crippen LogP contribution is 2.41. The zero-order valence-corrected chi connectivity index (χ0v) is 14.2. The molecular weight excluding hydrogens is 364 g/mol. The van der Waals surface area contributed by atoms with Crippen molar-refractivity contribution in [3.8, 4) is 33.9 Å². The molecule has 2 N–H and O–H groups in total. The summed E-state index contributed by atoms with van der Waals surface area (Å²) in [6.07, 6.45) is -1.35. The lowest BCUT2D eigenvalue weighted by Crippen LogP contribution is -2.18. The van der Waals surface area contributed by atoms with E-state index >= 15 is 0 Å². The molecule has 0 radical (unpaired) electrons. The minimum Gasteiger partial charge on any atom is -0.508 e. The number of aromatic hydroxyl groups is 1. The average molecular weight is 376 g/mol. The number of aliphatic hydroxyl groups excluding tert-OH is 1. The SMILES string of the molecule is O=c1oc2c(cc1-c1cc3ccc(O)cc3oc1=O)C(O)Oc1ccccc1-2. The summed E-state index contributed by atoms with van der Waals surface area (Å²) in [6, 6.07) is 14.0. The van der Waals surface area contributed by atoms with Crippen molar-refractivity contribution in [2.45, 2.75) is 6.29 Å². The zero-order chi connectivity index (χ0) is 19.4. The van der Waals surface area contributed by atoms with Gasteiger partial charge in [0, 0.05) is 11.5 Å². The largest absolute Gasteiger partial charge is 0.508 e. The molecule has 2 aromatic heterocycles. The van der Waals surface area contributed by atoms with Gasteiger partial charge in [0.15, 0.2) is 5.76 Å². The Morgan fingerprint density at radius 2 is 1.57 bits per heavy atom. The minimum absolute atomic E-state index is 0.0131. The van der Waals surface area contributed by atoms with E-state index in [-0.39, 0.29) is 33.8 Å². The Morgan fingerprint density at radius 1 is 0.821 bits per heavy atom. The normalized spacial score (nSPS) is 15.0. The summed E-state index contributed by atoms with van der Waals surface area (Å²) in [7, 11) is 0. The minimum atomic E-state index is -1.35. The van der Waals surface area contributed by atoms with Gasteiger partial charge < -0.3 is 23.8 Å². The second kappa shape index (κ2) is 5.83. The molecule has 1 unspecified atom stereocenters. The third-order valence-corrected chi connectivity index (χ3v) is 4.62. The predicted octanol–water partition coefficient (Wildman–Crippen LogP) is 3.17. The molecule has 7 heteroatoms. The van der Waals surface area contributed by atoms with Gasteiger partial charge in [0.1, 0.15) is 17.1 Å². The van der Waals surface area contributed by atoms with Crippen LogP contribution < -0.4 is 16.0 Å². The van der Waals surface area contributed by atoms with Crippen molar-refractivity contribution in [3.05, 3.63) is 81.0 Å². The molecule has 1 aliphatic rings. The third kappa shape index (κ3) is 2.41. The van der Waals surface area contributed by atoms with Gasteiger partial charge in [-0.1, -0.05) is 12.1 Å². The van der Waals surface area contributed by atoms with Crippen LogP contribution in [-0.4, -0.2) is 10.2 Å². The lowest BCUT2D eigenvalue weighted by molar-refractivity contribution is -0.0231. The van der Waals surface area contributed by atoms with E-state index in [0.717, 1.165) is 0 Å². The molecule has 0 spiro atoms. The van der Waals surface area contributed by atoms with Gasteiger partial charge in [-0.25, -0.2) is 9.59 Å².